The van der Waals surface area contributed by atoms with Crippen molar-refractivity contribution in [2.75, 3.05) is 29.9 Å². The summed E-state index contributed by atoms with van der Waals surface area (Å²) in [6.07, 6.45) is 2.29. The summed E-state index contributed by atoms with van der Waals surface area (Å²) in [7, 11) is 1.84. The number of halogens is 1. The molecule has 1 N–H and O–H groups in total. The molecular formula is C22H21ClN4O3. The first-order valence-electron chi connectivity index (χ1n) is 9.95. The second-order valence-corrected chi connectivity index (χ2v) is 8.52. The monoisotopic (exact) mass is 424 g/mol. The van der Waals surface area contributed by atoms with Crippen LogP contribution in [-0.4, -0.2) is 48.5 Å². The lowest BCUT2D eigenvalue weighted by molar-refractivity contribution is -0.120. The quantitative estimate of drug-likeness (QED) is 0.813. The van der Waals surface area contributed by atoms with E-state index in [0.717, 1.165) is 36.2 Å². The number of benzene rings is 2. The fourth-order valence-electron chi connectivity index (χ4n) is 4.40. The zero-order valence-corrected chi connectivity index (χ0v) is 17.3. The lowest BCUT2D eigenvalue weighted by Gasteiger charge is -2.28. The number of urea groups is 2. The van der Waals surface area contributed by atoms with E-state index < -0.39 is 6.03 Å². The normalized spacial score (nSPS) is 20.2. The van der Waals surface area contributed by atoms with Crippen molar-refractivity contribution >= 4 is 40.9 Å². The van der Waals surface area contributed by atoms with Crippen LogP contribution >= 0.6 is 11.6 Å². The van der Waals surface area contributed by atoms with E-state index in [0.29, 0.717) is 17.3 Å². The third-order valence-corrected chi connectivity index (χ3v) is 6.51. The maximum Gasteiger partial charge on any atom is 0.328 e. The fourth-order valence-corrected chi connectivity index (χ4v) is 4.74. The van der Waals surface area contributed by atoms with Crippen LogP contribution in [-0.2, 0) is 4.79 Å². The van der Waals surface area contributed by atoms with Gasteiger partial charge in [0.05, 0.1) is 16.2 Å². The van der Waals surface area contributed by atoms with Crippen molar-refractivity contribution in [3.63, 3.8) is 0 Å². The lowest BCUT2D eigenvalue weighted by Crippen LogP contribution is -2.49. The molecule has 5 rings (SSSR count). The molecule has 5 amide bonds. The molecule has 3 fully saturated rings. The van der Waals surface area contributed by atoms with Gasteiger partial charge in [-0.25, -0.2) is 9.59 Å². The second-order valence-electron chi connectivity index (χ2n) is 8.14. The van der Waals surface area contributed by atoms with Crippen molar-refractivity contribution in [2.24, 2.45) is 0 Å². The van der Waals surface area contributed by atoms with Gasteiger partial charge in [-0.3, -0.25) is 19.9 Å². The van der Waals surface area contributed by atoms with Gasteiger partial charge in [-0.1, -0.05) is 35.9 Å². The van der Waals surface area contributed by atoms with Gasteiger partial charge >= 0.3 is 12.1 Å². The van der Waals surface area contributed by atoms with E-state index in [1.165, 1.54) is 4.90 Å². The molecule has 2 aliphatic heterocycles. The van der Waals surface area contributed by atoms with Crippen LogP contribution in [0.2, 0.25) is 5.02 Å². The number of likely N-dealkylation sites (N-methyl/N-ethyl adjacent to an activating group) is 1. The number of carbonyl (C=O) groups excluding carboxylic acids is 3. The van der Waals surface area contributed by atoms with Crippen molar-refractivity contribution in [3.8, 4) is 11.1 Å². The lowest BCUT2D eigenvalue weighted by atomic mass is 10.0. The van der Waals surface area contributed by atoms with Crippen LogP contribution < -0.4 is 15.1 Å². The van der Waals surface area contributed by atoms with Crippen molar-refractivity contribution < 1.29 is 14.4 Å². The molecule has 3 aliphatic rings. The molecule has 8 heteroatoms. The second kappa shape index (κ2) is 6.74. The summed E-state index contributed by atoms with van der Waals surface area (Å²) in [5, 5.41) is 2.77. The Bertz CT molecular complexity index is 1060. The topological polar surface area (TPSA) is 73.0 Å². The highest BCUT2D eigenvalue weighted by Crippen LogP contribution is 2.49. The Morgan fingerprint density at radius 3 is 2.43 bits per heavy atom. The molecule has 2 heterocycles. The standard InChI is InChI=1S/C22H21ClN4O3/c1-25-13-22(10-11-22)27(21(25)30)15-7-5-14(6-8-15)16-3-2-4-17(19(16)23)26-12-9-18(28)24-20(26)29/h2-8H,9-13H2,1H3,(H,24,28,29). The Morgan fingerprint density at radius 2 is 1.77 bits per heavy atom. The molecule has 154 valence electrons. The molecule has 2 aromatic carbocycles. The molecule has 2 saturated heterocycles. The van der Waals surface area contributed by atoms with Crippen LogP contribution in [0, 0.1) is 0 Å². The number of hydrogen-bond acceptors (Lipinski definition) is 3. The Balaban J connectivity index is 1.45. The number of imide groups is 1. The number of carbonyl (C=O) groups is 3. The highest BCUT2D eigenvalue weighted by Gasteiger charge is 2.57. The van der Waals surface area contributed by atoms with E-state index >= 15 is 0 Å². The van der Waals surface area contributed by atoms with Gasteiger partial charge in [-0.2, -0.15) is 0 Å². The van der Waals surface area contributed by atoms with Gasteiger partial charge in [0.2, 0.25) is 5.91 Å². The predicted octanol–water partition coefficient (Wildman–Crippen LogP) is 3.86. The van der Waals surface area contributed by atoms with Crippen LogP contribution in [0.4, 0.5) is 21.0 Å². The van der Waals surface area contributed by atoms with Crippen molar-refractivity contribution in [1.82, 2.24) is 10.2 Å². The third-order valence-electron chi connectivity index (χ3n) is 6.11. The fraction of sp³-hybridized carbons (Fsp3) is 0.318. The molecule has 1 saturated carbocycles. The summed E-state index contributed by atoms with van der Waals surface area (Å²) >= 11 is 6.67. The van der Waals surface area contributed by atoms with Crippen LogP contribution in [0.15, 0.2) is 42.5 Å². The van der Waals surface area contributed by atoms with E-state index in [-0.39, 0.29) is 23.9 Å². The highest BCUT2D eigenvalue weighted by molar-refractivity contribution is 6.36. The summed E-state index contributed by atoms with van der Waals surface area (Å²) in [5.41, 5.74) is 3.08. The Morgan fingerprint density at radius 1 is 1.03 bits per heavy atom. The van der Waals surface area contributed by atoms with Gasteiger partial charge in [0.25, 0.3) is 0 Å². The van der Waals surface area contributed by atoms with Gasteiger partial charge in [0.1, 0.15) is 0 Å². The van der Waals surface area contributed by atoms with Gasteiger partial charge in [0, 0.05) is 37.8 Å². The van der Waals surface area contributed by atoms with Crippen molar-refractivity contribution in [1.29, 1.82) is 0 Å². The first kappa shape index (κ1) is 18.9. The SMILES string of the molecule is CN1CC2(CC2)N(c2ccc(-c3cccc(N4CCC(=O)NC4=O)c3Cl)cc2)C1=O. The molecule has 7 nitrogen and oxygen atoms in total. The average molecular weight is 425 g/mol. The third kappa shape index (κ3) is 2.92. The number of anilines is 2. The Kier molecular flexibility index (Phi) is 4.25. The maximum absolute atomic E-state index is 12.6. The van der Waals surface area contributed by atoms with Gasteiger partial charge in [-0.05, 0) is 36.6 Å². The van der Waals surface area contributed by atoms with E-state index in [4.69, 9.17) is 11.6 Å². The summed E-state index contributed by atoms with van der Waals surface area (Å²) in [6.45, 7) is 1.06. The van der Waals surface area contributed by atoms with Gasteiger partial charge < -0.3 is 4.90 Å². The molecule has 2 aromatic rings. The number of nitrogens with zero attached hydrogens (tertiary/aromatic N) is 3. The first-order chi connectivity index (χ1) is 14.4. The zero-order chi connectivity index (χ0) is 21.0. The van der Waals surface area contributed by atoms with Crippen LogP contribution in [0.3, 0.4) is 0 Å². The molecule has 1 spiro atoms. The smallest absolute Gasteiger partial charge is 0.325 e. The van der Waals surface area contributed by atoms with E-state index in [1.807, 2.05) is 48.3 Å². The number of amides is 5. The van der Waals surface area contributed by atoms with E-state index in [1.54, 1.807) is 11.0 Å². The molecular weight excluding hydrogens is 404 g/mol. The van der Waals surface area contributed by atoms with Crippen molar-refractivity contribution in [2.45, 2.75) is 24.8 Å². The largest absolute Gasteiger partial charge is 0.328 e. The number of hydrogen-bond donors (Lipinski definition) is 1. The molecule has 0 atom stereocenters. The minimum Gasteiger partial charge on any atom is -0.325 e. The predicted molar refractivity (Wildman–Crippen MR) is 115 cm³/mol. The molecule has 1 aliphatic carbocycles. The van der Waals surface area contributed by atoms with E-state index in [9.17, 15) is 14.4 Å². The summed E-state index contributed by atoms with van der Waals surface area (Å²) in [5.74, 6) is -0.283. The van der Waals surface area contributed by atoms with Crippen LogP contribution in [0.25, 0.3) is 11.1 Å². The summed E-state index contributed by atoms with van der Waals surface area (Å²) in [4.78, 5) is 41.4. The summed E-state index contributed by atoms with van der Waals surface area (Å²) < 4.78 is 0. The highest BCUT2D eigenvalue weighted by atomic mass is 35.5. The summed E-state index contributed by atoms with van der Waals surface area (Å²) in [6, 6.07) is 12.9. The molecule has 0 radical (unpaired) electrons. The first-order valence-corrected chi connectivity index (χ1v) is 10.3. The Labute approximate surface area is 179 Å². The average Bonchev–Trinajstić information content (AvgIpc) is 3.44. The zero-order valence-electron chi connectivity index (χ0n) is 16.5. The number of rotatable bonds is 3. The molecule has 0 unspecified atom stereocenters. The molecule has 0 bridgehead atoms. The number of nitrogens with one attached hydrogen (secondary N) is 1. The Hall–Kier alpha value is -3.06. The van der Waals surface area contributed by atoms with Gasteiger partial charge in [-0.15, -0.1) is 0 Å². The van der Waals surface area contributed by atoms with E-state index in [2.05, 4.69) is 5.32 Å². The van der Waals surface area contributed by atoms with Crippen LogP contribution in [0.1, 0.15) is 19.3 Å². The minimum absolute atomic E-state index is 0.0333. The van der Waals surface area contributed by atoms with Crippen molar-refractivity contribution in [3.05, 3.63) is 47.5 Å². The maximum atomic E-state index is 12.6. The molecule has 30 heavy (non-hydrogen) atoms. The minimum atomic E-state index is -0.466. The van der Waals surface area contributed by atoms with Gasteiger partial charge in [0.15, 0.2) is 0 Å². The molecule has 0 aromatic heterocycles. The van der Waals surface area contributed by atoms with Crippen LogP contribution in [0.5, 0.6) is 0 Å².